The topological polar surface area (TPSA) is 127 Å². The lowest BCUT2D eigenvalue weighted by Gasteiger charge is -2.14. The molecule has 0 saturated heterocycles. The van der Waals surface area contributed by atoms with E-state index >= 15 is 0 Å². The standard InChI is InChI=1S/C13H18N2O5S/c1-8-5-9(2)7-10(6-8)21(19,20)15-11(13(17)18)3-4-12(14)16/h5-7,11,15H,3-4H2,1-2H3,(H2,14,16)(H,17,18)/t11-/m1/s1. The number of carbonyl (C=O) groups excluding carboxylic acids is 1. The van der Waals surface area contributed by atoms with Gasteiger partial charge >= 0.3 is 5.97 Å². The molecule has 0 heterocycles. The summed E-state index contributed by atoms with van der Waals surface area (Å²) in [4.78, 5) is 21.8. The molecule has 1 rings (SSSR count). The first kappa shape index (κ1) is 17.1. The van der Waals surface area contributed by atoms with Gasteiger partial charge in [0.15, 0.2) is 0 Å². The lowest BCUT2D eigenvalue weighted by molar-refractivity contribution is -0.139. The number of nitrogens with two attached hydrogens (primary N) is 1. The summed E-state index contributed by atoms with van der Waals surface area (Å²) >= 11 is 0. The summed E-state index contributed by atoms with van der Waals surface area (Å²) in [7, 11) is -3.98. The molecule has 116 valence electrons. The van der Waals surface area contributed by atoms with Gasteiger partial charge in [0.25, 0.3) is 0 Å². The summed E-state index contributed by atoms with van der Waals surface area (Å²) in [6.07, 6.45) is -0.416. The van der Waals surface area contributed by atoms with Crippen molar-refractivity contribution in [2.24, 2.45) is 5.73 Å². The van der Waals surface area contributed by atoms with Crippen LogP contribution in [0.2, 0.25) is 0 Å². The fourth-order valence-electron chi connectivity index (χ4n) is 1.86. The summed E-state index contributed by atoms with van der Waals surface area (Å²) in [6.45, 7) is 3.49. The second-order valence-corrected chi connectivity index (χ2v) is 6.55. The number of carboxylic acid groups (broad SMARTS) is 1. The van der Waals surface area contributed by atoms with Gasteiger partial charge < -0.3 is 10.8 Å². The molecule has 1 aromatic carbocycles. The highest BCUT2D eigenvalue weighted by Gasteiger charge is 2.25. The van der Waals surface area contributed by atoms with E-state index in [9.17, 15) is 18.0 Å². The van der Waals surface area contributed by atoms with Crippen molar-refractivity contribution in [3.8, 4) is 0 Å². The first-order chi connectivity index (χ1) is 9.61. The molecular weight excluding hydrogens is 296 g/mol. The Balaban J connectivity index is 3.00. The average molecular weight is 314 g/mol. The molecule has 0 aliphatic heterocycles. The van der Waals surface area contributed by atoms with Crippen molar-refractivity contribution in [2.45, 2.75) is 37.6 Å². The number of hydrogen-bond acceptors (Lipinski definition) is 4. The zero-order valence-electron chi connectivity index (χ0n) is 11.8. The van der Waals surface area contributed by atoms with E-state index < -0.39 is 27.9 Å². The molecule has 1 amide bonds. The summed E-state index contributed by atoms with van der Waals surface area (Å²) in [5.74, 6) is -2.05. The summed E-state index contributed by atoms with van der Waals surface area (Å²) in [6, 6.07) is 3.30. The predicted octanol–water partition coefficient (Wildman–Crippen LogP) is 0.300. The molecule has 0 aliphatic carbocycles. The molecule has 8 heteroatoms. The predicted molar refractivity (Wildman–Crippen MR) is 76.1 cm³/mol. The first-order valence-corrected chi connectivity index (χ1v) is 7.72. The fourth-order valence-corrected chi connectivity index (χ4v) is 3.27. The van der Waals surface area contributed by atoms with Gasteiger partial charge in [-0.15, -0.1) is 0 Å². The smallest absolute Gasteiger partial charge is 0.321 e. The van der Waals surface area contributed by atoms with E-state index in [-0.39, 0.29) is 17.7 Å². The number of hydrogen-bond donors (Lipinski definition) is 3. The Morgan fingerprint density at radius 3 is 2.19 bits per heavy atom. The number of sulfonamides is 1. The molecule has 0 fully saturated rings. The van der Waals surface area contributed by atoms with Gasteiger partial charge in [0.1, 0.15) is 6.04 Å². The van der Waals surface area contributed by atoms with Crippen LogP contribution in [-0.4, -0.2) is 31.4 Å². The number of benzene rings is 1. The minimum Gasteiger partial charge on any atom is -0.480 e. The van der Waals surface area contributed by atoms with Gasteiger partial charge in [-0.1, -0.05) is 6.07 Å². The van der Waals surface area contributed by atoms with Gasteiger partial charge in [0, 0.05) is 6.42 Å². The third kappa shape index (κ3) is 5.16. The number of primary amides is 1. The molecule has 0 saturated carbocycles. The van der Waals surface area contributed by atoms with Crippen LogP contribution < -0.4 is 10.5 Å². The number of amides is 1. The maximum Gasteiger partial charge on any atom is 0.321 e. The minimum atomic E-state index is -3.98. The van der Waals surface area contributed by atoms with E-state index in [1.165, 1.54) is 12.1 Å². The number of aliphatic carboxylic acids is 1. The van der Waals surface area contributed by atoms with Gasteiger partial charge in [-0.25, -0.2) is 8.42 Å². The molecule has 0 radical (unpaired) electrons. The van der Waals surface area contributed by atoms with Gasteiger partial charge in [-0.05, 0) is 43.5 Å². The lowest BCUT2D eigenvalue weighted by Crippen LogP contribution is -2.41. The third-order valence-electron chi connectivity index (χ3n) is 2.78. The monoisotopic (exact) mass is 314 g/mol. The van der Waals surface area contributed by atoms with E-state index in [1.54, 1.807) is 19.9 Å². The number of rotatable bonds is 7. The van der Waals surface area contributed by atoms with Crippen LogP contribution in [0.25, 0.3) is 0 Å². The zero-order chi connectivity index (χ0) is 16.2. The molecule has 21 heavy (non-hydrogen) atoms. The van der Waals surface area contributed by atoms with Gasteiger partial charge in [-0.3, -0.25) is 9.59 Å². The largest absolute Gasteiger partial charge is 0.480 e. The van der Waals surface area contributed by atoms with Crippen molar-refractivity contribution < 1.29 is 23.1 Å². The molecule has 7 nitrogen and oxygen atoms in total. The van der Waals surface area contributed by atoms with E-state index in [1.807, 2.05) is 0 Å². The lowest BCUT2D eigenvalue weighted by atomic mass is 10.2. The highest BCUT2D eigenvalue weighted by molar-refractivity contribution is 7.89. The van der Waals surface area contributed by atoms with Crippen LogP contribution in [0.1, 0.15) is 24.0 Å². The Kier molecular flexibility index (Phi) is 5.45. The van der Waals surface area contributed by atoms with Crippen molar-refractivity contribution in [1.29, 1.82) is 0 Å². The van der Waals surface area contributed by atoms with Crippen molar-refractivity contribution in [3.05, 3.63) is 29.3 Å². The second kappa shape index (κ2) is 6.68. The molecule has 0 spiro atoms. The normalized spacial score (nSPS) is 12.9. The van der Waals surface area contributed by atoms with E-state index in [0.29, 0.717) is 0 Å². The number of carboxylic acids is 1. The second-order valence-electron chi connectivity index (χ2n) is 4.84. The number of nitrogens with one attached hydrogen (secondary N) is 1. The SMILES string of the molecule is Cc1cc(C)cc(S(=O)(=O)N[C@H](CCC(N)=O)C(=O)O)c1. The summed E-state index contributed by atoms with van der Waals surface area (Å²) in [5.41, 5.74) is 6.45. The minimum absolute atomic E-state index is 0.00896. The van der Waals surface area contributed by atoms with E-state index in [4.69, 9.17) is 10.8 Å². The Labute approximate surface area is 123 Å². The molecular formula is C13H18N2O5S. The number of carbonyl (C=O) groups is 2. The van der Waals surface area contributed by atoms with Crippen LogP contribution in [-0.2, 0) is 19.6 Å². The van der Waals surface area contributed by atoms with E-state index in [0.717, 1.165) is 11.1 Å². The van der Waals surface area contributed by atoms with Crippen LogP contribution in [0, 0.1) is 13.8 Å². The maximum absolute atomic E-state index is 12.2. The van der Waals surface area contributed by atoms with Crippen LogP contribution >= 0.6 is 0 Å². The van der Waals surface area contributed by atoms with Gasteiger partial charge in [0.2, 0.25) is 15.9 Å². The Morgan fingerprint density at radius 2 is 1.76 bits per heavy atom. The van der Waals surface area contributed by atoms with Crippen LogP contribution in [0.15, 0.2) is 23.1 Å². The molecule has 0 aliphatic rings. The molecule has 0 aromatic heterocycles. The molecule has 4 N–H and O–H groups in total. The van der Waals surface area contributed by atoms with Gasteiger partial charge in [0.05, 0.1) is 4.90 Å². The maximum atomic E-state index is 12.2. The number of aryl methyl sites for hydroxylation is 2. The van der Waals surface area contributed by atoms with Crippen LogP contribution in [0.5, 0.6) is 0 Å². The van der Waals surface area contributed by atoms with E-state index in [2.05, 4.69) is 4.72 Å². The third-order valence-corrected chi connectivity index (χ3v) is 4.23. The van der Waals surface area contributed by atoms with Gasteiger partial charge in [-0.2, -0.15) is 4.72 Å². The molecule has 0 unspecified atom stereocenters. The van der Waals surface area contributed by atoms with Crippen molar-refractivity contribution >= 4 is 21.9 Å². The average Bonchev–Trinajstić information content (AvgIpc) is 2.32. The van der Waals surface area contributed by atoms with Crippen molar-refractivity contribution in [1.82, 2.24) is 4.72 Å². The first-order valence-electron chi connectivity index (χ1n) is 6.23. The fraction of sp³-hybridized carbons (Fsp3) is 0.385. The molecule has 1 aromatic rings. The Bertz CT molecular complexity index is 634. The quantitative estimate of drug-likeness (QED) is 0.667. The highest BCUT2D eigenvalue weighted by atomic mass is 32.2. The summed E-state index contributed by atoms with van der Waals surface area (Å²) < 4.78 is 26.5. The van der Waals surface area contributed by atoms with Crippen LogP contribution in [0.4, 0.5) is 0 Å². The Morgan fingerprint density at radius 1 is 1.24 bits per heavy atom. The van der Waals surface area contributed by atoms with Crippen LogP contribution in [0.3, 0.4) is 0 Å². The molecule has 1 atom stereocenters. The Hall–Kier alpha value is -1.93. The summed E-state index contributed by atoms with van der Waals surface area (Å²) in [5, 5.41) is 9.03. The van der Waals surface area contributed by atoms with Crippen molar-refractivity contribution in [3.63, 3.8) is 0 Å². The zero-order valence-corrected chi connectivity index (χ0v) is 12.6. The molecule has 0 bridgehead atoms. The highest BCUT2D eigenvalue weighted by Crippen LogP contribution is 2.15. The van der Waals surface area contributed by atoms with Crippen molar-refractivity contribution in [2.75, 3.05) is 0 Å².